The molecule has 3 rings (SSSR count). The summed E-state index contributed by atoms with van der Waals surface area (Å²) in [4.78, 5) is 16.7. The Morgan fingerprint density at radius 3 is 2.44 bits per heavy atom. The molecule has 10 heteroatoms. The predicted molar refractivity (Wildman–Crippen MR) is 128 cm³/mol. The minimum Gasteiger partial charge on any atom is -0.483 e. The third-order valence-corrected chi connectivity index (χ3v) is 7.02. The molecular formula is C22H26BrClN2O5S. The van der Waals surface area contributed by atoms with E-state index in [-0.39, 0.29) is 23.8 Å². The van der Waals surface area contributed by atoms with Crippen LogP contribution in [0.25, 0.3) is 0 Å². The third-order valence-electron chi connectivity index (χ3n) is 5.45. The first kappa shape index (κ1) is 25.0. The van der Waals surface area contributed by atoms with Gasteiger partial charge in [-0.05, 0) is 54.8 Å². The maximum atomic E-state index is 12.6. The molecule has 32 heavy (non-hydrogen) atoms. The Kier molecular flexibility index (Phi) is 8.21. The van der Waals surface area contributed by atoms with Crippen molar-refractivity contribution in [2.75, 3.05) is 32.8 Å². The predicted octanol–water partition coefficient (Wildman–Crippen LogP) is 3.83. The van der Waals surface area contributed by atoms with E-state index in [0.29, 0.717) is 17.6 Å². The molecule has 2 aromatic rings. The molecule has 1 aliphatic heterocycles. The molecule has 0 aliphatic carbocycles. The van der Waals surface area contributed by atoms with Gasteiger partial charge in [0.2, 0.25) is 0 Å². The number of hydrogen-bond acceptors (Lipinski definition) is 5. The second-order valence-corrected chi connectivity index (χ2v) is 10.7. The molecule has 1 N–H and O–H groups in total. The van der Waals surface area contributed by atoms with Crippen LogP contribution in [-0.4, -0.2) is 61.5 Å². The molecule has 1 aliphatic rings. The Morgan fingerprint density at radius 1 is 1.09 bits per heavy atom. The van der Waals surface area contributed by atoms with Crippen LogP contribution in [-0.2, 0) is 27.2 Å². The van der Waals surface area contributed by atoms with Gasteiger partial charge >= 0.3 is 0 Å². The van der Waals surface area contributed by atoms with Gasteiger partial charge in [0.15, 0.2) is 6.61 Å². The van der Waals surface area contributed by atoms with E-state index < -0.39 is 15.9 Å². The molecule has 1 amide bonds. The van der Waals surface area contributed by atoms with E-state index in [1.54, 1.807) is 23.1 Å². The lowest BCUT2D eigenvalue weighted by Gasteiger charge is -2.35. The number of carbonyl (C=O) groups excluding carboxylic acids is 1. The number of carbonyl (C=O) groups is 1. The SMILES string of the molecule is Cc1cc(CN2CCN(C(=O)COc3ccc(Br)cc3CS(=O)(=O)O)CC2)c(C)cc1Cl. The zero-order valence-electron chi connectivity index (χ0n) is 18.0. The Morgan fingerprint density at radius 2 is 1.78 bits per heavy atom. The van der Waals surface area contributed by atoms with Gasteiger partial charge in [-0.25, -0.2) is 0 Å². The Bertz CT molecular complexity index is 1100. The second kappa shape index (κ2) is 10.5. The van der Waals surface area contributed by atoms with Crippen LogP contribution in [0, 0.1) is 13.8 Å². The van der Waals surface area contributed by atoms with Crippen molar-refractivity contribution in [2.45, 2.75) is 26.1 Å². The summed E-state index contributed by atoms with van der Waals surface area (Å²) in [6.07, 6.45) is 0. The molecule has 0 radical (unpaired) electrons. The summed E-state index contributed by atoms with van der Waals surface area (Å²) in [5.41, 5.74) is 3.73. The molecular weight excluding hydrogens is 520 g/mol. The van der Waals surface area contributed by atoms with Gasteiger partial charge < -0.3 is 9.64 Å². The molecule has 0 bridgehead atoms. The highest BCUT2D eigenvalue weighted by Crippen LogP contribution is 2.25. The molecule has 0 atom stereocenters. The molecule has 2 aromatic carbocycles. The summed E-state index contributed by atoms with van der Waals surface area (Å²) in [6.45, 7) is 7.33. The van der Waals surface area contributed by atoms with Crippen molar-refractivity contribution in [3.05, 3.63) is 62.1 Å². The lowest BCUT2D eigenvalue weighted by Crippen LogP contribution is -2.49. The van der Waals surface area contributed by atoms with Crippen LogP contribution in [0.2, 0.25) is 5.02 Å². The van der Waals surface area contributed by atoms with E-state index >= 15 is 0 Å². The summed E-state index contributed by atoms with van der Waals surface area (Å²) in [5.74, 6) is -0.492. The second-order valence-electron chi connectivity index (χ2n) is 7.95. The fourth-order valence-electron chi connectivity index (χ4n) is 3.64. The number of halogens is 2. The largest absolute Gasteiger partial charge is 0.483 e. The van der Waals surface area contributed by atoms with Crippen molar-refractivity contribution in [3.63, 3.8) is 0 Å². The van der Waals surface area contributed by atoms with Crippen molar-refractivity contribution in [1.82, 2.24) is 9.80 Å². The molecule has 1 heterocycles. The van der Waals surface area contributed by atoms with Gasteiger partial charge in [-0.3, -0.25) is 14.2 Å². The standard InChI is InChI=1S/C22H26BrClN2O5S/c1-15-10-20(24)16(2)9-17(15)12-25-5-7-26(8-6-25)22(27)13-31-21-4-3-19(23)11-18(21)14-32(28,29)30/h3-4,9-11H,5-8,12-14H2,1-2H3,(H,28,29,30). The number of nitrogens with zero attached hydrogens (tertiary/aromatic N) is 2. The fourth-order valence-corrected chi connectivity index (χ4v) is 4.88. The van der Waals surface area contributed by atoms with E-state index in [9.17, 15) is 13.2 Å². The molecule has 0 spiro atoms. The monoisotopic (exact) mass is 544 g/mol. The van der Waals surface area contributed by atoms with Gasteiger partial charge in [0.25, 0.3) is 16.0 Å². The number of aryl methyl sites for hydroxylation is 2. The van der Waals surface area contributed by atoms with E-state index in [4.69, 9.17) is 20.9 Å². The first-order chi connectivity index (χ1) is 15.0. The van der Waals surface area contributed by atoms with Crippen LogP contribution in [0.1, 0.15) is 22.3 Å². The fraction of sp³-hybridized carbons (Fsp3) is 0.409. The lowest BCUT2D eigenvalue weighted by atomic mass is 10.0. The normalized spacial score (nSPS) is 15.1. The summed E-state index contributed by atoms with van der Waals surface area (Å²) in [6, 6.07) is 8.92. The maximum absolute atomic E-state index is 12.6. The number of ether oxygens (including phenoxy) is 1. The van der Waals surface area contributed by atoms with Gasteiger partial charge in [0.1, 0.15) is 11.5 Å². The minimum absolute atomic E-state index is 0.163. The average molecular weight is 546 g/mol. The third kappa shape index (κ3) is 6.92. The molecule has 0 saturated carbocycles. The summed E-state index contributed by atoms with van der Waals surface area (Å²) in [7, 11) is -4.22. The maximum Gasteiger partial charge on any atom is 0.269 e. The first-order valence-electron chi connectivity index (χ1n) is 10.1. The summed E-state index contributed by atoms with van der Waals surface area (Å²) >= 11 is 9.46. The number of benzene rings is 2. The highest BCUT2D eigenvalue weighted by molar-refractivity contribution is 9.10. The van der Waals surface area contributed by atoms with E-state index in [1.807, 2.05) is 13.0 Å². The van der Waals surface area contributed by atoms with Crippen LogP contribution < -0.4 is 4.74 Å². The Labute approximate surface area is 202 Å². The topological polar surface area (TPSA) is 87.2 Å². The zero-order valence-corrected chi connectivity index (χ0v) is 21.1. The molecule has 0 unspecified atom stereocenters. The molecule has 0 aromatic heterocycles. The quantitative estimate of drug-likeness (QED) is 0.532. The summed E-state index contributed by atoms with van der Waals surface area (Å²) < 4.78 is 37.9. The number of rotatable bonds is 7. The van der Waals surface area contributed by atoms with Crippen molar-refractivity contribution >= 4 is 43.6 Å². The van der Waals surface area contributed by atoms with Crippen LogP contribution in [0.4, 0.5) is 0 Å². The molecule has 1 saturated heterocycles. The van der Waals surface area contributed by atoms with Gasteiger partial charge in [-0.1, -0.05) is 33.6 Å². The van der Waals surface area contributed by atoms with Gasteiger partial charge in [0.05, 0.1) is 0 Å². The number of piperazine rings is 1. The van der Waals surface area contributed by atoms with E-state index in [1.165, 1.54) is 5.56 Å². The van der Waals surface area contributed by atoms with Gasteiger partial charge in [-0.15, -0.1) is 0 Å². The van der Waals surface area contributed by atoms with Crippen LogP contribution in [0.5, 0.6) is 5.75 Å². The van der Waals surface area contributed by atoms with Crippen molar-refractivity contribution in [3.8, 4) is 5.75 Å². The van der Waals surface area contributed by atoms with Crippen molar-refractivity contribution in [1.29, 1.82) is 0 Å². The van der Waals surface area contributed by atoms with Gasteiger partial charge in [0, 0.05) is 47.8 Å². The lowest BCUT2D eigenvalue weighted by molar-refractivity contribution is -0.135. The Hall–Kier alpha value is -1.65. The van der Waals surface area contributed by atoms with Crippen LogP contribution >= 0.6 is 27.5 Å². The van der Waals surface area contributed by atoms with Crippen LogP contribution in [0.15, 0.2) is 34.8 Å². The van der Waals surface area contributed by atoms with Gasteiger partial charge in [-0.2, -0.15) is 8.42 Å². The highest BCUT2D eigenvalue weighted by Gasteiger charge is 2.22. The van der Waals surface area contributed by atoms with E-state index in [2.05, 4.69) is 33.8 Å². The average Bonchev–Trinajstić information content (AvgIpc) is 2.70. The number of amides is 1. The molecule has 7 nitrogen and oxygen atoms in total. The van der Waals surface area contributed by atoms with Crippen LogP contribution in [0.3, 0.4) is 0 Å². The highest BCUT2D eigenvalue weighted by atomic mass is 79.9. The zero-order chi connectivity index (χ0) is 23.5. The van der Waals surface area contributed by atoms with E-state index in [0.717, 1.165) is 35.8 Å². The number of hydrogen-bond donors (Lipinski definition) is 1. The first-order valence-corrected chi connectivity index (χ1v) is 12.9. The summed E-state index contributed by atoms with van der Waals surface area (Å²) in [5, 5.41) is 0.771. The molecule has 1 fully saturated rings. The molecule has 174 valence electrons. The van der Waals surface area contributed by atoms with Crippen molar-refractivity contribution < 1.29 is 22.5 Å². The smallest absolute Gasteiger partial charge is 0.269 e. The van der Waals surface area contributed by atoms with Crippen molar-refractivity contribution in [2.24, 2.45) is 0 Å². The Balaban J connectivity index is 1.54. The minimum atomic E-state index is -4.22.